The lowest BCUT2D eigenvalue weighted by Crippen LogP contribution is -2.25. The Morgan fingerprint density at radius 2 is 1.03 bits per heavy atom. The second-order valence-electron chi connectivity index (χ2n) is 31.1. The first kappa shape index (κ1) is 54.1. The maximum absolute atomic E-state index is 9.72. The van der Waals surface area contributed by atoms with Gasteiger partial charge in [-0.1, -0.05) is 222 Å². The van der Waals surface area contributed by atoms with Crippen molar-refractivity contribution in [2.24, 2.45) is 0 Å². The second-order valence-corrected chi connectivity index (χ2v) is 31.1. The molecule has 4 heterocycles. The van der Waals surface area contributed by atoms with E-state index in [4.69, 9.17) is 15.5 Å². The van der Waals surface area contributed by atoms with Crippen molar-refractivity contribution in [1.82, 2.24) is 9.55 Å². The van der Waals surface area contributed by atoms with Crippen LogP contribution in [0.1, 0.15) is 165 Å². The Morgan fingerprint density at radius 3 is 1.67 bits per heavy atom. The molecule has 0 spiro atoms. The normalized spacial score (nSPS) is 14.4. The highest BCUT2D eigenvalue weighted by Crippen LogP contribution is 2.54. The molecule has 456 valence electrons. The van der Waals surface area contributed by atoms with Crippen molar-refractivity contribution in [1.29, 1.82) is 0 Å². The molecule has 0 saturated heterocycles. The Labute approximate surface area is 541 Å². The van der Waals surface area contributed by atoms with Crippen LogP contribution in [0.2, 0.25) is 0 Å². The van der Waals surface area contributed by atoms with Gasteiger partial charge in [0.2, 0.25) is 0 Å². The summed E-state index contributed by atoms with van der Waals surface area (Å²) in [5, 5.41) is 4.12. The van der Waals surface area contributed by atoms with Gasteiger partial charge in [0.05, 0.1) is 40.3 Å². The quantitative estimate of drug-likeness (QED) is 0.152. The maximum Gasteiger partial charge on any atom is 0.145 e. The zero-order valence-corrected chi connectivity index (χ0v) is 55.9. The smallest absolute Gasteiger partial charge is 0.145 e. The summed E-state index contributed by atoms with van der Waals surface area (Å²) in [5.41, 5.74) is 17.1. The van der Waals surface area contributed by atoms with Crippen LogP contribution in [0.15, 0.2) is 199 Å². The van der Waals surface area contributed by atoms with E-state index in [0.29, 0.717) is 17.1 Å². The molecule has 0 saturated carbocycles. The van der Waals surface area contributed by atoms with Crippen LogP contribution in [0.4, 0.5) is 22.7 Å². The van der Waals surface area contributed by atoms with Crippen LogP contribution in [-0.2, 0) is 32.5 Å². The van der Waals surface area contributed by atoms with Gasteiger partial charge in [0.25, 0.3) is 0 Å². The van der Waals surface area contributed by atoms with Gasteiger partial charge >= 0.3 is 0 Å². The molecule has 90 heavy (non-hydrogen) atoms. The first-order chi connectivity index (χ1) is 44.5. The predicted molar refractivity (Wildman–Crippen MR) is 383 cm³/mol. The monoisotopic (exact) mass is 1190 g/mol. The van der Waals surface area contributed by atoms with Crippen LogP contribution in [0, 0.1) is 0 Å². The largest absolute Gasteiger partial charge is 0.457 e. The lowest BCUT2D eigenvalue weighted by Gasteiger charge is -2.32. The Morgan fingerprint density at radius 1 is 0.444 bits per heavy atom. The summed E-state index contributed by atoms with van der Waals surface area (Å²) < 4.78 is 63.1. The van der Waals surface area contributed by atoms with Crippen molar-refractivity contribution >= 4 is 66.5 Å². The van der Waals surface area contributed by atoms with Gasteiger partial charge in [-0.2, -0.15) is 0 Å². The van der Waals surface area contributed by atoms with E-state index < -0.39 is 11.5 Å². The summed E-state index contributed by atoms with van der Waals surface area (Å²) in [6.07, 6.45) is 1.91. The number of furan rings is 1. The molecule has 13 rings (SSSR count). The molecule has 0 radical (unpaired) electrons. The molecule has 12 aromatic rings. The molecule has 0 fully saturated rings. The summed E-state index contributed by atoms with van der Waals surface area (Å²) in [6, 6.07) is 54.7. The number of ether oxygens (including phenoxy) is 1. The van der Waals surface area contributed by atoms with Gasteiger partial charge < -0.3 is 19.0 Å². The fraction of sp³-hybridized carbons (Fsp3) is 0.298. The number of benzene rings is 9. The van der Waals surface area contributed by atoms with Crippen molar-refractivity contribution in [3.05, 3.63) is 228 Å². The van der Waals surface area contributed by atoms with Gasteiger partial charge in [0.1, 0.15) is 35.2 Å². The third-order valence-electron chi connectivity index (χ3n) is 18.2. The summed E-state index contributed by atoms with van der Waals surface area (Å²) in [6.45, 7) is 40.7. The van der Waals surface area contributed by atoms with E-state index in [1.54, 1.807) is 0 Å². The van der Waals surface area contributed by atoms with E-state index in [2.05, 4.69) is 285 Å². The highest BCUT2D eigenvalue weighted by molar-refractivity contribution is 6.24. The number of anilines is 4. The van der Waals surface area contributed by atoms with Crippen LogP contribution >= 0.6 is 0 Å². The number of aromatic nitrogens is 2. The molecular weight excluding hydrogens is 1100 g/mol. The lowest BCUT2D eigenvalue weighted by atomic mass is 9.74. The Bertz CT molecular complexity index is 5010. The number of pyridine rings is 1. The minimum Gasteiger partial charge on any atom is -0.457 e. The fourth-order valence-electron chi connectivity index (χ4n) is 13.2. The first-order valence-electron chi connectivity index (χ1n) is 34.4. The highest BCUT2D eigenvalue weighted by Gasteiger charge is 2.35. The van der Waals surface area contributed by atoms with Crippen LogP contribution in [-0.4, -0.2) is 16.2 Å². The van der Waals surface area contributed by atoms with Crippen LogP contribution < -0.4 is 14.5 Å². The average molecular weight is 1190 g/mol. The Hall–Kier alpha value is -8.87. The molecule has 1 aliphatic heterocycles. The SMILES string of the molecule is [2H]c1c([2H])c([2H])c(-c2cc(C(C)(C)C)cc(-c3cc(C(C)(C)C)cc(C(C)(C)C)c3)c2N2CN(c3cc(Oc4ccc5c6c7oc8ccccc8c7ccc6n(-c6cc(C(C)(C)C)ccn6)c5c4)cc(-c4c(C(C)(C)C)cccc4C(C)(C)C)c3)c3ccccc32)c([2H])c1[2H]. The van der Waals surface area contributed by atoms with Gasteiger partial charge in [-0.05, 0) is 167 Å². The standard InChI is InChI=1S/C84H88N4O2/c1-79(2,3)55-39-40-85-74(48-55)88-71-38-37-63-62-29-22-25-34-73(62)90-78(63)76(71)64-36-35-60(50-72(64)88)89-61-44-54(75-67(83(13,14)15)30-26-31-68(75)84(16,17)18)43-59(49-61)86-51-87(70-33-24-23-32-69(70)86)77-65(52-27-20-19-21-28-52)46-58(82(10,11)12)47-66(77)53-41-56(80(4,5)6)45-57(42-53)81(7,8)9/h19-50H,51H2,1-18H3/i19D,20D,21D,27D,28D. The van der Waals surface area contributed by atoms with Crippen molar-refractivity contribution in [2.45, 2.75) is 157 Å². The molecule has 6 heteroatoms. The molecule has 9 aromatic carbocycles. The van der Waals surface area contributed by atoms with E-state index in [-0.39, 0.29) is 63.5 Å². The molecule has 0 bridgehead atoms. The summed E-state index contributed by atoms with van der Waals surface area (Å²) in [7, 11) is 0. The molecule has 1 aliphatic rings. The molecule has 0 amide bonds. The Kier molecular flexibility index (Phi) is 12.9. The van der Waals surface area contributed by atoms with Gasteiger partial charge in [0, 0.05) is 51.3 Å². The number of hydrogen-bond acceptors (Lipinski definition) is 5. The molecule has 0 N–H and O–H groups in total. The van der Waals surface area contributed by atoms with Crippen LogP contribution in [0.25, 0.3) is 82.9 Å². The minimum absolute atomic E-state index is 0.134. The lowest BCUT2D eigenvalue weighted by molar-refractivity contribution is 0.483. The number of para-hydroxylation sites is 3. The molecule has 3 aromatic heterocycles. The van der Waals surface area contributed by atoms with E-state index in [1.807, 2.05) is 18.3 Å². The summed E-state index contributed by atoms with van der Waals surface area (Å²) >= 11 is 0. The number of hydrogen-bond donors (Lipinski definition) is 0. The summed E-state index contributed by atoms with van der Waals surface area (Å²) in [4.78, 5) is 9.73. The first-order valence-corrected chi connectivity index (χ1v) is 31.9. The minimum atomic E-state index is -0.433. The third-order valence-corrected chi connectivity index (χ3v) is 18.2. The predicted octanol–water partition coefficient (Wildman–Crippen LogP) is 23.9. The van der Waals surface area contributed by atoms with Gasteiger partial charge in [-0.25, -0.2) is 4.98 Å². The third kappa shape index (κ3) is 10.8. The fourth-order valence-corrected chi connectivity index (χ4v) is 13.2. The number of rotatable bonds is 8. The number of fused-ring (bicyclic) bond motifs is 8. The summed E-state index contributed by atoms with van der Waals surface area (Å²) in [5.74, 6) is 2.07. The van der Waals surface area contributed by atoms with E-state index >= 15 is 0 Å². The van der Waals surface area contributed by atoms with Gasteiger partial charge in [0.15, 0.2) is 0 Å². The molecular formula is C84H88N4O2. The van der Waals surface area contributed by atoms with E-state index in [1.165, 1.54) is 27.8 Å². The van der Waals surface area contributed by atoms with Crippen LogP contribution in [0.5, 0.6) is 11.5 Å². The average Bonchev–Trinajstić information content (AvgIpc) is 1.59. The number of nitrogens with zero attached hydrogens (tertiary/aromatic N) is 4. The molecule has 6 nitrogen and oxygen atoms in total. The van der Waals surface area contributed by atoms with Crippen LogP contribution in [0.3, 0.4) is 0 Å². The van der Waals surface area contributed by atoms with Crippen molar-refractivity contribution < 1.29 is 16.0 Å². The molecule has 0 aliphatic carbocycles. The zero-order valence-electron chi connectivity index (χ0n) is 60.9. The zero-order chi connectivity index (χ0) is 68.1. The maximum atomic E-state index is 9.72. The topological polar surface area (TPSA) is 46.7 Å². The van der Waals surface area contributed by atoms with E-state index in [0.717, 1.165) is 100 Å². The van der Waals surface area contributed by atoms with Gasteiger partial charge in [-0.3, -0.25) is 4.57 Å². The molecule has 0 unspecified atom stereocenters. The molecule has 0 atom stereocenters. The highest BCUT2D eigenvalue weighted by atomic mass is 16.5. The van der Waals surface area contributed by atoms with Crippen molar-refractivity contribution in [2.75, 3.05) is 16.5 Å². The Balaban J connectivity index is 1.07. The second kappa shape index (κ2) is 21.4. The van der Waals surface area contributed by atoms with E-state index in [9.17, 15) is 5.48 Å². The van der Waals surface area contributed by atoms with Crippen molar-refractivity contribution in [3.63, 3.8) is 0 Å². The van der Waals surface area contributed by atoms with Gasteiger partial charge in [-0.15, -0.1) is 0 Å². The van der Waals surface area contributed by atoms with Crippen molar-refractivity contribution in [3.8, 4) is 50.7 Å².